The van der Waals surface area contributed by atoms with Crippen LogP contribution in [0.2, 0.25) is 5.02 Å². The molecule has 0 atom stereocenters. The minimum atomic E-state index is -0.0913. The number of para-hydroxylation sites is 1. The number of amides is 1. The van der Waals surface area contributed by atoms with Crippen LogP contribution in [0.5, 0.6) is 0 Å². The Balaban J connectivity index is 0.00000182. The van der Waals surface area contributed by atoms with Crippen molar-refractivity contribution in [3.05, 3.63) is 40.9 Å². The zero-order valence-corrected chi connectivity index (χ0v) is 15.4. The van der Waals surface area contributed by atoms with Crippen molar-refractivity contribution in [2.75, 3.05) is 26.2 Å². The van der Waals surface area contributed by atoms with Crippen molar-refractivity contribution in [3.8, 4) is 5.69 Å². The van der Waals surface area contributed by atoms with E-state index in [0.29, 0.717) is 17.5 Å². The van der Waals surface area contributed by atoms with Crippen LogP contribution in [-0.2, 0) is 0 Å². The average molecular weight is 382 g/mol. The molecule has 1 aromatic heterocycles. The van der Waals surface area contributed by atoms with E-state index in [1.54, 1.807) is 4.68 Å². The highest BCUT2D eigenvalue weighted by Crippen LogP contribution is 2.40. The number of aromatic nitrogens is 3. The van der Waals surface area contributed by atoms with Crippen LogP contribution < -0.4 is 5.32 Å². The second kappa shape index (κ2) is 7.72. The summed E-state index contributed by atoms with van der Waals surface area (Å²) >= 11 is 6.32. The number of hydrogen-bond donors (Lipinski definition) is 1. The van der Waals surface area contributed by atoms with E-state index in [1.165, 1.54) is 0 Å². The summed E-state index contributed by atoms with van der Waals surface area (Å²) in [5.41, 5.74) is 0.783. The normalized spacial score (nSPS) is 17.7. The fraction of sp³-hybridized carbons (Fsp3) is 0.471. The van der Waals surface area contributed by atoms with Gasteiger partial charge in [-0.1, -0.05) is 23.7 Å². The Bertz CT molecular complexity index is 751. The van der Waals surface area contributed by atoms with Crippen LogP contribution in [0, 0.1) is 0 Å². The second-order valence-electron chi connectivity index (χ2n) is 6.33. The topological polar surface area (TPSA) is 63.1 Å². The van der Waals surface area contributed by atoms with Crippen LogP contribution in [0.3, 0.4) is 0 Å². The summed E-state index contributed by atoms with van der Waals surface area (Å²) in [6.45, 7) is 3.19. The van der Waals surface area contributed by atoms with Gasteiger partial charge in [0.15, 0.2) is 0 Å². The molecular formula is C17H21Cl2N5O. The molecule has 0 radical (unpaired) electrons. The Morgan fingerprint density at radius 1 is 1.20 bits per heavy atom. The lowest BCUT2D eigenvalue weighted by molar-refractivity contribution is 0.0754. The van der Waals surface area contributed by atoms with Crippen LogP contribution in [0.1, 0.15) is 41.6 Å². The summed E-state index contributed by atoms with van der Waals surface area (Å²) in [5, 5.41) is 8.44. The molecule has 1 aromatic carbocycles. The maximum atomic E-state index is 12.8. The van der Waals surface area contributed by atoms with Gasteiger partial charge in [-0.05, 0) is 37.9 Å². The summed E-state index contributed by atoms with van der Waals surface area (Å²) in [5.74, 6) is 1.41. The molecule has 2 heterocycles. The van der Waals surface area contributed by atoms with Crippen molar-refractivity contribution in [3.63, 3.8) is 0 Å². The second-order valence-corrected chi connectivity index (χ2v) is 6.73. The molecule has 1 saturated heterocycles. The number of carbonyl (C=O) groups excluding carboxylic acids is 1. The first-order chi connectivity index (χ1) is 11.7. The summed E-state index contributed by atoms with van der Waals surface area (Å²) in [4.78, 5) is 19.2. The lowest BCUT2D eigenvalue weighted by Crippen LogP contribution is -2.34. The number of nitrogens with zero attached hydrogens (tertiary/aromatic N) is 4. The Labute approximate surface area is 158 Å². The number of hydrogen-bond acceptors (Lipinski definition) is 4. The number of carbonyl (C=O) groups is 1. The third-order valence-electron chi connectivity index (χ3n) is 4.47. The molecule has 1 aliphatic heterocycles. The zero-order chi connectivity index (χ0) is 16.5. The zero-order valence-electron chi connectivity index (χ0n) is 13.8. The van der Waals surface area contributed by atoms with Crippen LogP contribution in [0.25, 0.3) is 5.69 Å². The minimum absolute atomic E-state index is 0. The van der Waals surface area contributed by atoms with Gasteiger partial charge in [-0.25, -0.2) is 9.67 Å². The van der Waals surface area contributed by atoms with E-state index >= 15 is 0 Å². The molecule has 0 bridgehead atoms. The molecule has 6 nitrogen and oxygen atoms in total. The molecule has 134 valence electrons. The highest BCUT2D eigenvalue weighted by Gasteiger charge is 2.33. The van der Waals surface area contributed by atoms with Gasteiger partial charge in [-0.15, -0.1) is 17.5 Å². The molecule has 2 fully saturated rings. The lowest BCUT2D eigenvalue weighted by Gasteiger charge is -2.17. The Kier molecular flexibility index (Phi) is 5.61. The number of benzene rings is 1. The van der Waals surface area contributed by atoms with Crippen molar-refractivity contribution in [1.29, 1.82) is 0 Å². The van der Waals surface area contributed by atoms with Gasteiger partial charge in [-0.3, -0.25) is 4.79 Å². The van der Waals surface area contributed by atoms with Gasteiger partial charge in [0.1, 0.15) is 5.82 Å². The lowest BCUT2D eigenvalue weighted by atomic mass is 10.3. The number of nitrogens with one attached hydrogen (secondary N) is 1. The van der Waals surface area contributed by atoms with E-state index in [2.05, 4.69) is 15.4 Å². The fourth-order valence-corrected chi connectivity index (χ4v) is 3.23. The highest BCUT2D eigenvalue weighted by molar-refractivity contribution is 6.32. The first-order valence-electron chi connectivity index (χ1n) is 8.46. The summed E-state index contributed by atoms with van der Waals surface area (Å²) in [6, 6.07) is 7.54. The third-order valence-corrected chi connectivity index (χ3v) is 4.79. The number of rotatable bonds is 3. The van der Waals surface area contributed by atoms with E-state index in [4.69, 9.17) is 11.6 Å². The van der Waals surface area contributed by atoms with E-state index in [9.17, 15) is 4.79 Å². The van der Waals surface area contributed by atoms with E-state index in [-0.39, 0.29) is 24.1 Å². The number of halogens is 2. The maximum Gasteiger partial charge on any atom is 0.293 e. The molecule has 1 aliphatic carbocycles. The summed E-state index contributed by atoms with van der Waals surface area (Å²) in [7, 11) is 0. The van der Waals surface area contributed by atoms with Gasteiger partial charge in [-0.2, -0.15) is 0 Å². The largest absolute Gasteiger partial charge is 0.335 e. The first kappa shape index (κ1) is 18.2. The Morgan fingerprint density at radius 3 is 2.76 bits per heavy atom. The molecule has 0 spiro atoms. The van der Waals surface area contributed by atoms with Gasteiger partial charge in [0.05, 0.1) is 10.7 Å². The van der Waals surface area contributed by atoms with Crippen LogP contribution in [0.15, 0.2) is 24.3 Å². The summed E-state index contributed by atoms with van der Waals surface area (Å²) in [6.07, 6.45) is 3.13. The quantitative estimate of drug-likeness (QED) is 0.887. The molecule has 0 unspecified atom stereocenters. The molecule has 4 rings (SSSR count). The summed E-state index contributed by atoms with van der Waals surface area (Å²) < 4.78 is 1.75. The average Bonchev–Trinajstić information content (AvgIpc) is 3.39. The molecule has 25 heavy (non-hydrogen) atoms. The first-order valence-corrected chi connectivity index (χ1v) is 8.83. The standard InChI is InChI=1S/C17H20ClN5O.ClH/c18-13-4-1-2-5-14(13)23-16(12-6-7-12)20-15(21-23)17(24)22-10-3-8-19-9-11-22;/h1-2,4-5,12,19H,3,6-11H2;1H. The fourth-order valence-electron chi connectivity index (χ4n) is 3.01. The monoisotopic (exact) mass is 381 g/mol. The van der Waals surface area contributed by atoms with Gasteiger partial charge in [0.2, 0.25) is 5.82 Å². The Hall–Kier alpha value is -1.63. The highest BCUT2D eigenvalue weighted by atomic mass is 35.5. The SMILES string of the molecule is Cl.O=C(c1nc(C2CC2)n(-c2ccccc2Cl)n1)N1CCCNCC1. The van der Waals surface area contributed by atoms with Crippen molar-refractivity contribution < 1.29 is 4.79 Å². The van der Waals surface area contributed by atoms with E-state index < -0.39 is 0 Å². The van der Waals surface area contributed by atoms with E-state index in [1.807, 2.05) is 29.2 Å². The van der Waals surface area contributed by atoms with Crippen molar-refractivity contribution in [1.82, 2.24) is 25.0 Å². The van der Waals surface area contributed by atoms with E-state index in [0.717, 1.165) is 50.4 Å². The van der Waals surface area contributed by atoms with Crippen LogP contribution >= 0.6 is 24.0 Å². The van der Waals surface area contributed by atoms with Gasteiger partial charge in [0.25, 0.3) is 5.91 Å². The van der Waals surface area contributed by atoms with Crippen molar-refractivity contribution in [2.45, 2.75) is 25.2 Å². The van der Waals surface area contributed by atoms with Gasteiger partial charge < -0.3 is 10.2 Å². The minimum Gasteiger partial charge on any atom is -0.335 e. The molecule has 1 saturated carbocycles. The van der Waals surface area contributed by atoms with Crippen molar-refractivity contribution in [2.24, 2.45) is 0 Å². The smallest absolute Gasteiger partial charge is 0.293 e. The van der Waals surface area contributed by atoms with Crippen LogP contribution in [-0.4, -0.2) is 51.8 Å². The molecule has 8 heteroatoms. The predicted octanol–water partition coefficient (Wildman–Crippen LogP) is 2.66. The molecule has 1 amide bonds. The molecular weight excluding hydrogens is 361 g/mol. The predicted molar refractivity (Wildman–Crippen MR) is 99.0 cm³/mol. The molecule has 2 aromatic rings. The van der Waals surface area contributed by atoms with Gasteiger partial charge >= 0.3 is 0 Å². The van der Waals surface area contributed by atoms with Crippen LogP contribution in [0.4, 0.5) is 0 Å². The van der Waals surface area contributed by atoms with Gasteiger partial charge in [0, 0.05) is 25.6 Å². The maximum absolute atomic E-state index is 12.8. The molecule has 1 N–H and O–H groups in total. The van der Waals surface area contributed by atoms with Crippen molar-refractivity contribution >= 4 is 29.9 Å². The molecule has 2 aliphatic rings. The third kappa shape index (κ3) is 3.81. The Morgan fingerprint density at radius 2 is 2.00 bits per heavy atom.